The molecule has 0 unspecified atom stereocenters. The predicted octanol–water partition coefficient (Wildman–Crippen LogP) is 1.25. The van der Waals surface area contributed by atoms with E-state index < -0.39 is 5.91 Å². The molecule has 3 heterocycles. The Morgan fingerprint density at radius 3 is 3.00 bits per heavy atom. The van der Waals surface area contributed by atoms with Gasteiger partial charge >= 0.3 is 0 Å². The monoisotopic (exact) mass is 328 g/mol. The van der Waals surface area contributed by atoms with Crippen molar-refractivity contribution in [1.29, 1.82) is 0 Å². The summed E-state index contributed by atoms with van der Waals surface area (Å²) in [6, 6.07) is 7.40. The highest BCUT2D eigenvalue weighted by Gasteiger charge is 2.33. The van der Waals surface area contributed by atoms with Gasteiger partial charge in [0.25, 0.3) is 5.91 Å². The first-order chi connectivity index (χ1) is 11.7. The van der Waals surface area contributed by atoms with Gasteiger partial charge in [0.05, 0.1) is 18.3 Å². The zero-order valence-electron chi connectivity index (χ0n) is 13.5. The van der Waals surface area contributed by atoms with Gasteiger partial charge < -0.3 is 20.1 Å². The first-order valence-corrected chi connectivity index (χ1v) is 7.75. The van der Waals surface area contributed by atoms with Crippen LogP contribution >= 0.6 is 0 Å². The number of rotatable bonds is 6. The highest BCUT2D eigenvalue weighted by atomic mass is 16.5. The number of anilines is 1. The molecule has 2 aromatic rings. The zero-order valence-corrected chi connectivity index (χ0v) is 13.5. The Balaban J connectivity index is 1.76. The molecule has 1 fully saturated rings. The Morgan fingerprint density at radius 2 is 2.29 bits per heavy atom. The normalized spacial score (nSPS) is 20.1. The van der Waals surface area contributed by atoms with Crippen LogP contribution in [0.1, 0.15) is 16.9 Å². The van der Waals surface area contributed by atoms with Crippen molar-refractivity contribution in [1.82, 2.24) is 9.97 Å². The Labute approximate surface area is 140 Å². The summed E-state index contributed by atoms with van der Waals surface area (Å²) in [4.78, 5) is 21.6. The minimum Gasteiger partial charge on any atom is -0.490 e. The number of carbonyl (C=O) groups excluding carboxylic acids is 1. The predicted molar refractivity (Wildman–Crippen MR) is 89.0 cm³/mol. The minimum absolute atomic E-state index is 0.109. The van der Waals surface area contributed by atoms with Gasteiger partial charge in [-0.25, -0.2) is 0 Å². The van der Waals surface area contributed by atoms with E-state index in [1.165, 1.54) is 0 Å². The van der Waals surface area contributed by atoms with Crippen LogP contribution in [-0.2, 0) is 4.74 Å². The van der Waals surface area contributed by atoms with Crippen LogP contribution in [0.5, 0.6) is 5.75 Å². The minimum atomic E-state index is -0.539. The number of ether oxygens (including phenoxy) is 2. The smallest absolute Gasteiger partial charge is 0.267 e. The van der Waals surface area contributed by atoms with E-state index in [2.05, 4.69) is 14.9 Å². The van der Waals surface area contributed by atoms with Crippen molar-refractivity contribution in [3.05, 3.63) is 48.5 Å². The Kier molecular flexibility index (Phi) is 4.90. The SMILES string of the molecule is CO[C@@H]1C[C@@H](COc2cccnc2)N(c2ccnc(C(N)=O)c2)C1. The molecule has 2 N–H and O–H groups in total. The molecule has 0 aliphatic carbocycles. The summed E-state index contributed by atoms with van der Waals surface area (Å²) < 4.78 is 11.4. The van der Waals surface area contributed by atoms with Gasteiger partial charge in [-0.3, -0.25) is 14.8 Å². The third-order valence-electron chi connectivity index (χ3n) is 4.11. The maximum Gasteiger partial charge on any atom is 0.267 e. The Morgan fingerprint density at radius 1 is 1.42 bits per heavy atom. The fourth-order valence-electron chi connectivity index (χ4n) is 2.88. The molecule has 126 valence electrons. The summed E-state index contributed by atoms with van der Waals surface area (Å²) in [5, 5.41) is 0. The number of pyridine rings is 2. The van der Waals surface area contributed by atoms with Crippen molar-refractivity contribution in [2.75, 3.05) is 25.2 Å². The van der Waals surface area contributed by atoms with Crippen molar-refractivity contribution in [2.24, 2.45) is 5.73 Å². The fraction of sp³-hybridized carbons (Fsp3) is 0.353. The third-order valence-corrected chi connectivity index (χ3v) is 4.11. The molecule has 2 aromatic heterocycles. The summed E-state index contributed by atoms with van der Waals surface area (Å²) >= 11 is 0. The number of nitrogens with two attached hydrogens (primary N) is 1. The lowest BCUT2D eigenvalue weighted by molar-refractivity contribution is 0.0995. The second kappa shape index (κ2) is 7.27. The van der Waals surface area contributed by atoms with Crippen LogP contribution in [-0.4, -0.2) is 48.3 Å². The Hall–Kier alpha value is -2.67. The van der Waals surface area contributed by atoms with Crippen LogP contribution in [0.15, 0.2) is 42.9 Å². The topological polar surface area (TPSA) is 90.6 Å². The number of aromatic nitrogens is 2. The van der Waals surface area contributed by atoms with Gasteiger partial charge in [-0.1, -0.05) is 0 Å². The molecule has 3 rings (SSSR count). The second-order valence-corrected chi connectivity index (χ2v) is 5.66. The van der Waals surface area contributed by atoms with E-state index in [0.29, 0.717) is 6.61 Å². The van der Waals surface area contributed by atoms with E-state index >= 15 is 0 Å². The number of nitrogens with zero attached hydrogens (tertiary/aromatic N) is 3. The molecule has 0 spiro atoms. The quantitative estimate of drug-likeness (QED) is 0.858. The largest absolute Gasteiger partial charge is 0.490 e. The summed E-state index contributed by atoms with van der Waals surface area (Å²) in [6.07, 6.45) is 5.93. The maximum atomic E-state index is 11.4. The van der Waals surface area contributed by atoms with Crippen LogP contribution in [0, 0.1) is 0 Å². The summed E-state index contributed by atoms with van der Waals surface area (Å²) in [6.45, 7) is 1.22. The molecular formula is C17H20N4O3. The van der Waals surface area contributed by atoms with Gasteiger partial charge in [0.1, 0.15) is 18.1 Å². The molecule has 0 radical (unpaired) electrons. The van der Waals surface area contributed by atoms with E-state index in [1.54, 1.807) is 31.8 Å². The second-order valence-electron chi connectivity index (χ2n) is 5.66. The summed E-state index contributed by atoms with van der Waals surface area (Å²) in [7, 11) is 1.70. The highest BCUT2D eigenvalue weighted by Crippen LogP contribution is 2.27. The number of carbonyl (C=O) groups is 1. The van der Waals surface area contributed by atoms with Crippen LogP contribution < -0.4 is 15.4 Å². The summed E-state index contributed by atoms with van der Waals surface area (Å²) in [5.74, 6) is 0.188. The summed E-state index contributed by atoms with van der Waals surface area (Å²) in [5.41, 5.74) is 6.47. The van der Waals surface area contributed by atoms with Crippen molar-refractivity contribution in [3.8, 4) is 5.75 Å². The molecule has 1 aliphatic rings. The number of methoxy groups -OCH3 is 1. The van der Waals surface area contributed by atoms with Gasteiger partial charge in [0.2, 0.25) is 0 Å². The van der Waals surface area contributed by atoms with E-state index in [-0.39, 0.29) is 17.8 Å². The first-order valence-electron chi connectivity index (χ1n) is 7.75. The lowest BCUT2D eigenvalue weighted by atomic mass is 10.2. The van der Waals surface area contributed by atoms with E-state index in [1.807, 2.05) is 18.2 Å². The molecule has 1 aliphatic heterocycles. The van der Waals surface area contributed by atoms with Crippen molar-refractivity contribution >= 4 is 11.6 Å². The van der Waals surface area contributed by atoms with E-state index in [0.717, 1.165) is 24.4 Å². The molecule has 0 aromatic carbocycles. The number of hydrogen-bond acceptors (Lipinski definition) is 6. The zero-order chi connectivity index (χ0) is 16.9. The van der Waals surface area contributed by atoms with Gasteiger partial charge in [0.15, 0.2) is 0 Å². The standard InChI is InChI=1S/C17H20N4O3/c1-23-15-7-13(11-24-14-3-2-5-19-9-14)21(10-15)12-4-6-20-16(8-12)17(18)22/h2-6,8-9,13,15H,7,10-11H2,1H3,(H2,18,22)/t13-,15+/m0/s1. The van der Waals surface area contributed by atoms with Crippen LogP contribution in [0.4, 0.5) is 5.69 Å². The lowest BCUT2D eigenvalue weighted by Crippen LogP contribution is -2.34. The van der Waals surface area contributed by atoms with Crippen LogP contribution in [0.2, 0.25) is 0 Å². The molecule has 2 atom stereocenters. The first kappa shape index (κ1) is 16.2. The molecule has 7 nitrogen and oxygen atoms in total. The molecule has 0 saturated carbocycles. The van der Waals surface area contributed by atoms with Crippen molar-refractivity contribution in [3.63, 3.8) is 0 Å². The molecule has 24 heavy (non-hydrogen) atoms. The maximum absolute atomic E-state index is 11.4. The number of amides is 1. The lowest BCUT2D eigenvalue weighted by Gasteiger charge is -2.26. The number of primary amides is 1. The third kappa shape index (κ3) is 3.62. The van der Waals surface area contributed by atoms with Crippen LogP contribution in [0.3, 0.4) is 0 Å². The Bertz CT molecular complexity index is 695. The van der Waals surface area contributed by atoms with E-state index in [4.69, 9.17) is 15.2 Å². The fourth-order valence-corrected chi connectivity index (χ4v) is 2.88. The van der Waals surface area contributed by atoms with Gasteiger partial charge in [0, 0.05) is 31.7 Å². The van der Waals surface area contributed by atoms with Gasteiger partial charge in [-0.15, -0.1) is 0 Å². The molecule has 1 amide bonds. The van der Waals surface area contributed by atoms with Crippen LogP contribution in [0.25, 0.3) is 0 Å². The van der Waals surface area contributed by atoms with Crippen molar-refractivity contribution in [2.45, 2.75) is 18.6 Å². The molecule has 7 heteroatoms. The average Bonchev–Trinajstić information content (AvgIpc) is 3.04. The highest BCUT2D eigenvalue weighted by molar-refractivity contribution is 5.91. The van der Waals surface area contributed by atoms with Gasteiger partial charge in [-0.05, 0) is 30.7 Å². The number of hydrogen-bond donors (Lipinski definition) is 1. The molecule has 1 saturated heterocycles. The van der Waals surface area contributed by atoms with Crippen molar-refractivity contribution < 1.29 is 14.3 Å². The van der Waals surface area contributed by atoms with E-state index in [9.17, 15) is 4.79 Å². The molecular weight excluding hydrogens is 308 g/mol. The average molecular weight is 328 g/mol. The molecule has 0 bridgehead atoms. The van der Waals surface area contributed by atoms with Gasteiger partial charge in [-0.2, -0.15) is 0 Å².